The summed E-state index contributed by atoms with van der Waals surface area (Å²) in [6.45, 7) is 13.9. The van der Waals surface area contributed by atoms with Gasteiger partial charge in [-0.05, 0) is 44.2 Å². The van der Waals surface area contributed by atoms with Crippen LogP contribution in [0.1, 0.15) is 46.5 Å². The van der Waals surface area contributed by atoms with Crippen LogP contribution in [0.5, 0.6) is 0 Å². The predicted molar refractivity (Wildman–Crippen MR) is 115 cm³/mol. The van der Waals surface area contributed by atoms with Gasteiger partial charge in [-0.25, -0.2) is 0 Å². The smallest absolute Gasteiger partial charge is 0.190 e. The van der Waals surface area contributed by atoms with Gasteiger partial charge in [-0.15, -0.1) is 24.0 Å². The van der Waals surface area contributed by atoms with Crippen molar-refractivity contribution in [2.24, 2.45) is 16.8 Å². The van der Waals surface area contributed by atoms with Crippen LogP contribution in [0.3, 0.4) is 0 Å². The van der Waals surface area contributed by atoms with Crippen molar-refractivity contribution < 1.29 is 4.74 Å². The van der Waals surface area contributed by atoms with Gasteiger partial charge in [-0.3, -0.25) is 4.99 Å². The van der Waals surface area contributed by atoms with Crippen molar-refractivity contribution >= 4 is 29.9 Å². The minimum absolute atomic E-state index is 0. The highest BCUT2D eigenvalue weighted by atomic mass is 127. The molecule has 0 aromatic rings. The lowest BCUT2D eigenvalue weighted by Crippen LogP contribution is -2.42. The first-order valence-electron chi connectivity index (χ1n) is 9.36. The fourth-order valence-corrected chi connectivity index (χ4v) is 2.84. The van der Waals surface area contributed by atoms with Gasteiger partial charge in [-0.1, -0.05) is 27.2 Å². The van der Waals surface area contributed by atoms with Crippen molar-refractivity contribution in [2.45, 2.75) is 46.5 Å². The van der Waals surface area contributed by atoms with Gasteiger partial charge in [-0.2, -0.15) is 0 Å². The summed E-state index contributed by atoms with van der Waals surface area (Å²) in [6, 6.07) is 0. The summed E-state index contributed by atoms with van der Waals surface area (Å²) >= 11 is 0. The molecule has 1 saturated heterocycles. The Morgan fingerprint density at radius 1 is 1.12 bits per heavy atom. The van der Waals surface area contributed by atoms with E-state index in [1.165, 1.54) is 38.9 Å². The van der Waals surface area contributed by atoms with Crippen LogP contribution in [0.4, 0.5) is 0 Å². The van der Waals surface area contributed by atoms with Gasteiger partial charge >= 0.3 is 0 Å². The first-order chi connectivity index (χ1) is 11.1. The summed E-state index contributed by atoms with van der Waals surface area (Å²) in [5, 5.41) is 6.80. The van der Waals surface area contributed by atoms with Crippen LogP contribution in [0, 0.1) is 11.8 Å². The van der Waals surface area contributed by atoms with Crippen LogP contribution < -0.4 is 10.6 Å². The maximum Gasteiger partial charge on any atom is 0.190 e. The quantitative estimate of drug-likeness (QED) is 0.231. The monoisotopic (exact) mass is 454 g/mol. The molecule has 1 aliphatic rings. The molecule has 0 aliphatic carbocycles. The molecular weight excluding hydrogens is 415 g/mol. The minimum Gasteiger partial charge on any atom is -0.381 e. The van der Waals surface area contributed by atoms with Crippen LogP contribution in [-0.4, -0.2) is 63.8 Å². The Kier molecular flexibility index (Phi) is 15.1. The summed E-state index contributed by atoms with van der Waals surface area (Å²) in [4.78, 5) is 6.89. The number of likely N-dealkylation sites (tertiary alicyclic amines) is 1. The average molecular weight is 454 g/mol. The molecule has 1 rings (SSSR count). The zero-order valence-corrected chi connectivity index (χ0v) is 18.5. The van der Waals surface area contributed by atoms with E-state index in [1.54, 1.807) is 0 Å². The molecule has 0 aromatic carbocycles. The molecule has 0 saturated carbocycles. The zero-order valence-electron chi connectivity index (χ0n) is 16.1. The molecule has 1 aliphatic heterocycles. The highest BCUT2D eigenvalue weighted by Crippen LogP contribution is 2.10. The minimum atomic E-state index is 0. The lowest BCUT2D eigenvalue weighted by molar-refractivity contribution is 0.108. The number of nitrogens with one attached hydrogen (secondary N) is 2. The van der Waals surface area contributed by atoms with Gasteiger partial charge in [0.15, 0.2) is 5.96 Å². The van der Waals surface area contributed by atoms with Crippen molar-refractivity contribution in [1.82, 2.24) is 15.5 Å². The van der Waals surface area contributed by atoms with Crippen LogP contribution in [-0.2, 0) is 4.74 Å². The molecule has 0 radical (unpaired) electrons. The fourth-order valence-electron chi connectivity index (χ4n) is 2.84. The maximum atomic E-state index is 5.59. The van der Waals surface area contributed by atoms with E-state index in [0.717, 1.165) is 38.7 Å². The second kappa shape index (κ2) is 15.2. The third-order valence-corrected chi connectivity index (χ3v) is 4.07. The van der Waals surface area contributed by atoms with E-state index in [9.17, 15) is 0 Å². The highest BCUT2D eigenvalue weighted by Gasteiger charge is 2.13. The largest absolute Gasteiger partial charge is 0.381 e. The Labute approximate surface area is 166 Å². The summed E-state index contributed by atoms with van der Waals surface area (Å²) in [5.74, 6) is 2.15. The second-order valence-electron chi connectivity index (χ2n) is 7.17. The fraction of sp³-hybridized carbons (Fsp3) is 0.944. The number of hydrogen-bond acceptors (Lipinski definition) is 3. The van der Waals surface area contributed by atoms with E-state index in [2.05, 4.69) is 41.3 Å². The third-order valence-electron chi connectivity index (χ3n) is 4.07. The molecule has 5 nitrogen and oxygen atoms in total. The Morgan fingerprint density at radius 3 is 2.46 bits per heavy atom. The van der Waals surface area contributed by atoms with Gasteiger partial charge < -0.3 is 20.3 Å². The van der Waals surface area contributed by atoms with Gasteiger partial charge in [0.05, 0.1) is 0 Å². The van der Waals surface area contributed by atoms with E-state index < -0.39 is 0 Å². The van der Waals surface area contributed by atoms with E-state index in [0.29, 0.717) is 11.8 Å². The van der Waals surface area contributed by atoms with E-state index >= 15 is 0 Å². The topological polar surface area (TPSA) is 48.9 Å². The van der Waals surface area contributed by atoms with Crippen LogP contribution in [0.25, 0.3) is 0 Å². The number of ether oxygens (including phenoxy) is 1. The number of nitrogens with zero attached hydrogens (tertiary/aromatic N) is 2. The normalized spacial score (nSPS) is 17.5. The third kappa shape index (κ3) is 12.3. The molecule has 1 heterocycles. The summed E-state index contributed by atoms with van der Waals surface area (Å²) in [7, 11) is 1.83. The average Bonchev–Trinajstić information content (AvgIpc) is 2.54. The Bertz CT molecular complexity index is 320. The molecule has 1 atom stereocenters. The summed E-state index contributed by atoms with van der Waals surface area (Å²) in [5.41, 5.74) is 0. The van der Waals surface area contributed by atoms with E-state index in [-0.39, 0.29) is 24.0 Å². The SMILES string of the molecule is CN=C(NCCCOCC(C)C)NCC(C)CN1CCCCC1.I. The zero-order chi connectivity index (χ0) is 16.9. The number of aliphatic imine (C=N–C) groups is 1. The van der Waals surface area contributed by atoms with Gasteiger partial charge in [0.1, 0.15) is 0 Å². The van der Waals surface area contributed by atoms with E-state index in [1.807, 2.05) is 7.05 Å². The number of rotatable bonds is 10. The number of hydrogen-bond donors (Lipinski definition) is 2. The molecule has 0 amide bonds. The van der Waals surface area contributed by atoms with Crippen LogP contribution >= 0.6 is 24.0 Å². The molecule has 144 valence electrons. The second-order valence-corrected chi connectivity index (χ2v) is 7.17. The number of halogens is 1. The Morgan fingerprint density at radius 2 is 1.83 bits per heavy atom. The molecule has 1 unspecified atom stereocenters. The predicted octanol–water partition coefficient (Wildman–Crippen LogP) is 2.95. The standard InChI is InChI=1S/C18H38N4O.HI/c1-16(2)15-23-12-8-9-20-18(19-4)21-13-17(3)14-22-10-6-5-7-11-22;/h16-17H,5-15H2,1-4H3,(H2,19,20,21);1H. The van der Waals surface area contributed by atoms with Crippen molar-refractivity contribution in [2.75, 3.05) is 53.0 Å². The van der Waals surface area contributed by atoms with Crippen molar-refractivity contribution in [3.8, 4) is 0 Å². The highest BCUT2D eigenvalue weighted by molar-refractivity contribution is 14.0. The molecule has 1 fully saturated rings. The van der Waals surface area contributed by atoms with Crippen molar-refractivity contribution in [1.29, 1.82) is 0 Å². The summed E-state index contributed by atoms with van der Waals surface area (Å²) in [6.07, 6.45) is 5.14. The molecule has 2 N–H and O–H groups in total. The van der Waals surface area contributed by atoms with Gasteiger partial charge in [0, 0.05) is 39.9 Å². The van der Waals surface area contributed by atoms with Gasteiger partial charge in [0.25, 0.3) is 0 Å². The number of piperidine rings is 1. The number of guanidine groups is 1. The van der Waals surface area contributed by atoms with Gasteiger partial charge in [0.2, 0.25) is 0 Å². The van der Waals surface area contributed by atoms with Crippen LogP contribution in [0.2, 0.25) is 0 Å². The molecule has 0 bridgehead atoms. The van der Waals surface area contributed by atoms with Crippen LogP contribution in [0.15, 0.2) is 4.99 Å². The van der Waals surface area contributed by atoms with Crippen molar-refractivity contribution in [3.05, 3.63) is 0 Å². The first kappa shape index (κ1) is 23.9. The molecule has 6 heteroatoms. The maximum absolute atomic E-state index is 5.59. The molecular formula is C18H39IN4O. The molecule has 24 heavy (non-hydrogen) atoms. The lowest BCUT2D eigenvalue weighted by Gasteiger charge is -2.29. The molecule has 0 aromatic heterocycles. The first-order valence-corrected chi connectivity index (χ1v) is 9.36. The lowest BCUT2D eigenvalue weighted by atomic mass is 10.1. The molecule has 0 spiro atoms. The Balaban J connectivity index is 0.00000529. The van der Waals surface area contributed by atoms with Crippen molar-refractivity contribution in [3.63, 3.8) is 0 Å². The van der Waals surface area contributed by atoms with E-state index in [4.69, 9.17) is 4.74 Å². The summed E-state index contributed by atoms with van der Waals surface area (Å²) < 4.78 is 5.59. The Hall–Kier alpha value is -0.0800.